The first kappa shape index (κ1) is 15.6. The van der Waals surface area contributed by atoms with Crippen LogP contribution in [0.3, 0.4) is 0 Å². The third-order valence-electron chi connectivity index (χ3n) is 3.53. The molecule has 0 saturated carbocycles. The second kappa shape index (κ2) is 7.28. The Bertz CT molecular complexity index is 493. The first-order valence-corrected chi connectivity index (χ1v) is 7.08. The molecule has 1 aliphatic heterocycles. The van der Waals surface area contributed by atoms with E-state index in [0.29, 0.717) is 30.2 Å². The number of nitrogen functional groups attached to an aromatic ring is 1. The van der Waals surface area contributed by atoms with E-state index in [1.807, 2.05) is 0 Å². The van der Waals surface area contributed by atoms with Crippen LogP contribution in [-0.2, 0) is 9.47 Å². The van der Waals surface area contributed by atoms with Crippen LogP contribution in [0.15, 0.2) is 18.2 Å². The Morgan fingerprint density at radius 2 is 2.33 bits per heavy atom. The number of morpholine rings is 1. The van der Waals surface area contributed by atoms with E-state index in [2.05, 4.69) is 16.6 Å². The van der Waals surface area contributed by atoms with E-state index < -0.39 is 5.97 Å². The van der Waals surface area contributed by atoms with E-state index in [4.69, 9.17) is 15.2 Å². The number of carbonyl (C=O) groups excluding carboxylic acids is 1. The summed E-state index contributed by atoms with van der Waals surface area (Å²) in [5, 5.41) is 0. The van der Waals surface area contributed by atoms with Crippen molar-refractivity contribution in [2.24, 2.45) is 0 Å². The van der Waals surface area contributed by atoms with Crippen molar-refractivity contribution in [1.82, 2.24) is 4.90 Å². The van der Waals surface area contributed by atoms with Gasteiger partial charge in [0.2, 0.25) is 0 Å². The lowest BCUT2D eigenvalue weighted by atomic mass is 10.2. The molecule has 1 aromatic rings. The summed E-state index contributed by atoms with van der Waals surface area (Å²) in [5.74, 6) is 0.0704. The van der Waals surface area contributed by atoms with Crippen molar-refractivity contribution < 1.29 is 19.0 Å². The van der Waals surface area contributed by atoms with Crippen LogP contribution in [0, 0.1) is 0 Å². The molecule has 6 nitrogen and oxygen atoms in total. The summed E-state index contributed by atoms with van der Waals surface area (Å²) >= 11 is 0. The monoisotopic (exact) mass is 294 g/mol. The molecule has 0 spiro atoms. The first-order valence-electron chi connectivity index (χ1n) is 7.08. The van der Waals surface area contributed by atoms with Crippen LogP contribution in [0.25, 0.3) is 0 Å². The normalized spacial score (nSPS) is 19.2. The predicted octanol–water partition coefficient (Wildman–Crippen LogP) is 1.15. The van der Waals surface area contributed by atoms with Crippen LogP contribution in [0.5, 0.6) is 5.75 Å². The van der Waals surface area contributed by atoms with Gasteiger partial charge in [0.05, 0.1) is 25.0 Å². The lowest BCUT2D eigenvalue weighted by Crippen LogP contribution is -2.44. The van der Waals surface area contributed by atoms with Crippen molar-refractivity contribution >= 4 is 11.7 Å². The van der Waals surface area contributed by atoms with Gasteiger partial charge < -0.3 is 19.9 Å². The number of hydrogen-bond acceptors (Lipinski definition) is 6. The van der Waals surface area contributed by atoms with Crippen LogP contribution in [0.2, 0.25) is 0 Å². The summed E-state index contributed by atoms with van der Waals surface area (Å²) < 4.78 is 16.1. The maximum Gasteiger partial charge on any atom is 0.337 e. The van der Waals surface area contributed by atoms with Gasteiger partial charge in [-0.15, -0.1) is 0 Å². The first-order chi connectivity index (χ1) is 10.1. The summed E-state index contributed by atoms with van der Waals surface area (Å²) in [6.45, 7) is 6.03. The van der Waals surface area contributed by atoms with Gasteiger partial charge in [-0.3, -0.25) is 4.90 Å². The standard InChI is InChI=1S/C15H22N2O4/c1-3-17-6-7-20-12(9-17)10-21-14-8-11(15(18)19-2)4-5-13(14)16/h4-5,8,12H,3,6-7,9-10,16H2,1-2H3. The zero-order chi connectivity index (χ0) is 15.2. The molecule has 0 radical (unpaired) electrons. The average Bonchev–Trinajstić information content (AvgIpc) is 2.53. The topological polar surface area (TPSA) is 74.0 Å². The summed E-state index contributed by atoms with van der Waals surface area (Å²) in [4.78, 5) is 13.8. The maximum absolute atomic E-state index is 11.5. The largest absolute Gasteiger partial charge is 0.489 e. The van der Waals surface area contributed by atoms with Crippen molar-refractivity contribution in [1.29, 1.82) is 0 Å². The van der Waals surface area contributed by atoms with Gasteiger partial charge in [0.25, 0.3) is 0 Å². The number of benzene rings is 1. The number of likely N-dealkylation sites (N-methyl/N-ethyl adjacent to an activating group) is 1. The van der Waals surface area contributed by atoms with Crippen molar-refractivity contribution in [3.05, 3.63) is 23.8 Å². The summed E-state index contributed by atoms with van der Waals surface area (Å²) in [6, 6.07) is 4.85. The minimum atomic E-state index is -0.411. The Morgan fingerprint density at radius 3 is 3.05 bits per heavy atom. The number of esters is 1. The van der Waals surface area contributed by atoms with E-state index in [-0.39, 0.29) is 6.10 Å². The second-order valence-electron chi connectivity index (χ2n) is 4.94. The molecule has 0 bridgehead atoms. The fourth-order valence-electron chi connectivity index (χ4n) is 2.26. The highest BCUT2D eigenvalue weighted by molar-refractivity contribution is 5.90. The number of carbonyl (C=O) groups is 1. The van der Waals surface area contributed by atoms with Gasteiger partial charge in [0.15, 0.2) is 0 Å². The molecule has 0 aliphatic carbocycles. The number of hydrogen-bond donors (Lipinski definition) is 1. The number of rotatable bonds is 5. The third-order valence-corrected chi connectivity index (χ3v) is 3.53. The lowest BCUT2D eigenvalue weighted by Gasteiger charge is -2.31. The SMILES string of the molecule is CCN1CCOC(COc2cc(C(=O)OC)ccc2N)C1. The molecule has 1 aliphatic rings. The van der Waals surface area contributed by atoms with E-state index in [9.17, 15) is 4.79 Å². The quantitative estimate of drug-likeness (QED) is 0.649. The predicted molar refractivity (Wildman–Crippen MR) is 79.5 cm³/mol. The molecule has 0 aromatic heterocycles. The van der Waals surface area contributed by atoms with E-state index in [1.165, 1.54) is 7.11 Å². The van der Waals surface area contributed by atoms with E-state index >= 15 is 0 Å². The second-order valence-corrected chi connectivity index (χ2v) is 4.94. The number of ether oxygens (including phenoxy) is 3. The molecule has 1 fully saturated rings. The molecular weight excluding hydrogens is 272 g/mol. The molecule has 1 atom stereocenters. The summed E-state index contributed by atoms with van der Waals surface area (Å²) in [5.41, 5.74) is 6.78. The smallest absolute Gasteiger partial charge is 0.337 e. The molecule has 0 amide bonds. The third kappa shape index (κ3) is 4.09. The fraction of sp³-hybridized carbons (Fsp3) is 0.533. The van der Waals surface area contributed by atoms with Gasteiger partial charge in [-0.25, -0.2) is 4.79 Å². The minimum absolute atomic E-state index is 0.0138. The summed E-state index contributed by atoms with van der Waals surface area (Å²) in [7, 11) is 1.34. The highest BCUT2D eigenvalue weighted by atomic mass is 16.5. The van der Waals surface area contributed by atoms with Crippen LogP contribution in [0.4, 0.5) is 5.69 Å². The molecule has 21 heavy (non-hydrogen) atoms. The van der Waals surface area contributed by atoms with Crippen LogP contribution in [0.1, 0.15) is 17.3 Å². The van der Waals surface area contributed by atoms with Gasteiger partial charge in [-0.05, 0) is 24.7 Å². The fourth-order valence-corrected chi connectivity index (χ4v) is 2.26. The molecule has 2 N–H and O–H groups in total. The van der Waals surface area contributed by atoms with Crippen LogP contribution in [-0.4, -0.2) is 56.9 Å². The number of nitrogens with zero attached hydrogens (tertiary/aromatic N) is 1. The van der Waals surface area contributed by atoms with Gasteiger partial charge in [-0.1, -0.05) is 6.92 Å². The number of anilines is 1. The summed E-state index contributed by atoms with van der Waals surface area (Å²) in [6.07, 6.45) is 0.0138. The zero-order valence-corrected chi connectivity index (χ0v) is 12.5. The van der Waals surface area contributed by atoms with Crippen molar-refractivity contribution in [2.75, 3.05) is 45.7 Å². The lowest BCUT2D eigenvalue weighted by molar-refractivity contribution is -0.0463. The van der Waals surface area contributed by atoms with E-state index in [0.717, 1.165) is 19.6 Å². The Labute approximate surface area is 124 Å². The highest BCUT2D eigenvalue weighted by Gasteiger charge is 2.20. The number of methoxy groups -OCH3 is 1. The molecule has 2 rings (SSSR count). The van der Waals surface area contributed by atoms with Gasteiger partial charge in [0.1, 0.15) is 18.5 Å². The minimum Gasteiger partial charge on any atom is -0.489 e. The van der Waals surface area contributed by atoms with Gasteiger partial charge in [-0.2, -0.15) is 0 Å². The Kier molecular flexibility index (Phi) is 5.41. The van der Waals surface area contributed by atoms with Crippen molar-refractivity contribution in [3.8, 4) is 5.75 Å². The van der Waals surface area contributed by atoms with Crippen LogP contribution < -0.4 is 10.5 Å². The van der Waals surface area contributed by atoms with Crippen molar-refractivity contribution in [3.63, 3.8) is 0 Å². The van der Waals surface area contributed by atoms with E-state index in [1.54, 1.807) is 18.2 Å². The molecule has 1 aromatic carbocycles. The molecule has 1 saturated heterocycles. The van der Waals surface area contributed by atoms with Crippen molar-refractivity contribution in [2.45, 2.75) is 13.0 Å². The Morgan fingerprint density at radius 1 is 1.52 bits per heavy atom. The molecular formula is C15H22N2O4. The molecule has 116 valence electrons. The van der Waals surface area contributed by atoms with Crippen LogP contribution >= 0.6 is 0 Å². The average molecular weight is 294 g/mol. The molecule has 1 heterocycles. The Balaban J connectivity index is 1.97. The van der Waals surface area contributed by atoms with Gasteiger partial charge in [0, 0.05) is 13.1 Å². The molecule has 1 unspecified atom stereocenters. The zero-order valence-electron chi connectivity index (χ0n) is 12.5. The maximum atomic E-state index is 11.5. The Hall–Kier alpha value is -1.79. The highest BCUT2D eigenvalue weighted by Crippen LogP contribution is 2.23. The molecule has 6 heteroatoms. The van der Waals surface area contributed by atoms with Gasteiger partial charge >= 0.3 is 5.97 Å². The number of nitrogens with two attached hydrogens (primary N) is 1.